The standard InChI is InChI=1S/C27H38N2O4/c1-19(2)25(18-30)28-27(31)23-8-9-26-24(16-23)15-21-6-5-7-22(14-21)17-29(20(3)4)10-11-32-12-13-33-26/h5-9,14,16,19-20,25,30H,10-13,15,17-18H2,1-4H3,(H,28,31)/t25-/m1/s1. The Morgan fingerprint density at radius 1 is 1.06 bits per heavy atom. The number of amides is 1. The fourth-order valence-electron chi connectivity index (χ4n) is 3.98. The van der Waals surface area contributed by atoms with Crippen LogP contribution in [0.15, 0.2) is 42.5 Å². The molecule has 2 N–H and O–H groups in total. The lowest BCUT2D eigenvalue weighted by Gasteiger charge is -2.27. The lowest BCUT2D eigenvalue weighted by Crippen LogP contribution is -2.41. The van der Waals surface area contributed by atoms with Crippen molar-refractivity contribution in [3.05, 3.63) is 64.7 Å². The highest BCUT2D eigenvalue weighted by Crippen LogP contribution is 2.25. The third kappa shape index (κ3) is 7.29. The first-order chi connectivity index (χ1) is 15.9. The van der Waals surface area contributed by atoms with Gasteiger partial charge >= 0.3 is 0 Å². The van der Waals surface area contributed by atoms with Crippen LogP contribution in [0.3, 0.4) is 0 Å². The van der Waals surface area contributed by atoms with Crippen LogP contribution in [-0.4, -0.2) is 61.0 Å². The van der Waals surface area contributed by atoms with Crippen molar-refractivity contribution in [2.75, 3.05) is 33.0 Å². The van der Waals surface area contributed by atoms with Gasteiger partial charge in [-0.1, -0.05) is 38.1 Å². The van der Waals surface area contributed by atoms with Crippen molar-refractivity contribution in [2.24, 2.45) is 5.92 Å². The van der Waals surface area contributed by atoms with Crippen molar-refractivity contribution in [2.45, 2.75) is 52.7 Å². The summed E-state index contributed by atoms with van der Waals surface area (Å²) >= 11 is 0. The third-order valence-electron chi connectivity index (χ3n) is 6.15. The minimum Gasteiger partial charge on any atom is -0.491 e. The summed E-state index contributed by atoms with van der Waals surface area (Å²) < 4.78 is 11.9. The van der Waals surface area contributed by atoms with Crippen molar-refractivity contribution in [1.82, 2.24) is 10.2 Å². The molecule has 0 saturated heterocycles. The molecular weight excluding hydrogens is 416 g/mol. The van der Waals surface area contributed by atoms with Crippen molar-refractivity contribution in [1.29, 1.82) is 0 Å². The summed E-state index contributed by atoms with van der Waals surface area (Å²) in [5.74, 6) is 0.728. The molecule has 0 fully saturated rings. The zero-order chi connectivity index (χ0) is 23.8. The summed E-state index contributed by atoms with van der Waals surface area (Å²) in [5, 5.41) is 12.5. The van der Waals surface area contributed by atoms with Gasteiger partial charge in [-0.2, -0.15) is 0 Å². The zero-order valence-corrected chi connectivity index (χ0v) is 20.3. The lowest BCUT2D eigenvalue weighted by atomic mass is 9.99. The Labute approximate surface area is 197 Å². The molecule has 1 heterocycles. The number of hydrogen-bond donors (Lipinski definition) is 2. The van der Waals surface area contributed by atoms with E-state index in [1.54, 1.807) is 6.07 Å². The van der Waals surface area contributed by atoms with Crippen LogP contribution in [0.4, 0.5) is 0 Å². The van der Waals surface area contributed by atoms with Gasteiger partial charge in [0, 0.05) is 31.1 Å². The minimum atomic E-state index is -0.278. The molecule has 2 aromatic carbocycles. The van der Waals surface area contributed by atoms with E-state index in [-0.39, 0.29) is 24.5 Å². The van der Waals surface area contributed by atoms with Crippen LogP contribution in [0.1, 0.15) is 54.7 Å². The van der Waals surface area contributed by atoms with Crippen LogP contribution in [0.2, 0.25) is 0 Å². The Bertz CT molecular complexity index is 913. The van der Waals surface area contributed by atoms with E-state index in [1.807, 2.05) is 26.0 Å². The summed E-state index contributed by atoms with van der Waals surface area (Å²) in [4.78, 5) is 15.3. The molecule has 1 atom stereocenters. The Morgan fingerprint density at radius 3 is 2.58 bits per heavy atom. The normalized spacial score (nSPS) is 16.6. The van der Waals surface area contributed by atoms with Crippen molar-refractivity contribution >= 4 is 5.91 Å². The van der Waals surface area contributed by atoms with Crippen LogP contribution >= 0.6 is 0 Å². The monoisotopic (exact) mass is 454 g/mol. The van der Waals surface area contributed by atoms with Gasteiger partial charge in [0.05, 0.1) is 25.9 Å². The molecule has 6 nitrogen and oxygen atoms in total. The molecule has 1 aliphatic heterocycles. The molecule has 6 heteroatoms. The number of aliphatic hydroxyl groups excluding tert-OH is 1. The molecule has 1 aliphatic rings. The molecule has 0 aliphatic carbocycles. The Hall–Kier alpha value is -2.41. The quantitative estimate of drug-likeness (QED) is 0.722. The maximum absolute atomic E-state index is 12.9. The largest absolute Gasteiger partial charge is 0.491 e. The minimum absolute atomic E-state index is 0.0857. The van der Waals surface area contributed by atoms with E-state index < -0.39 is 0 Å². The number of rotatable bonds is 5. The molecule has 0 aromatic heterocycles. The summed E-state index contributed by atoms with van der Waals surface area (Å²) in [6.07, 6.45) is 0.667. The molecule has 0 unspecified atom stereocenters. The van der Waals surface area contributed by atoms with E-state index >= 15 is 0 Å². The second-order valence-electron chi connectivity index (χ2n) is 9.35. The first-order valence-electron chi connectivity index (χ1n) is 11.9. The van der Waals surface area contributed by atoms with Gasteiger partial charge in [0.15, 0.2) is 0 Å². The van der Waals surface area contributed by atoms with E-state index in [9.17, 15) is 9.90 Å². The molecule has 180 valence electrons. The number of fused-ring (bicyclic) bond motifs is 3. The highest BCUT2D eigenvalue weighted by Gasteiger charge is 2.18. The summed E-state index contributed by atoms with van der Waals surface area (Å²) in [5.41, 5.74) is 3.97. The molecule has 0 spiro atoms. The predicted octanol–water partition coefficient (Wildman–Crippen LogP) is 3.64. The maximum Gasteiger partial charge on any atom is 0.251 e. The average Bonchev–Trinajstić information content (AvgIpc) is 2.78. The predicted molar refractivity (Wildman–Crippen MR) is 131 cm³/mol. The van der Waals surface area contributed by atoms with Crippen LogP contribution in [0.25, 0.3) is 0 Å². The molecule has 2 aromatic rings. The van der Waals surface area contributed by atoms with Gasteiger partial charge in [0.2, 0.25) is 0 Å². The molecule has 0 saturated carbocycles. The smallest absolute Gasteiger partial charge is 0.251 e. The van der Waals surface area contributed by atoms with E-state index in [0.717, 1.165) is 24.4 Å². The Kier molecular flexibility index (Phi) is 9.30. The molecule has 2 bridgehead atoms. The highest BCUT2D eigenvalue weighted by atomic mass is 16.5. The van der Waals surface area contributed by atoms with Gasteiger partial charge in [0.25, 0.3) is 5.91 Å². The second kappa shape index (κ2) is 12.2. The maximum atomic E-state index is 12.9. The van der Waals surface area contributed by atoms with Crippen LogP contribution in [-0.2, 0) is 17.7 Å². The molecular formula is C27H38N2O4. The number of carbonyl (C=O) groups is 1. The van der Waals surface area contributed by atoms with E-state index in [2.05, 4.69) is 48.3 Å². The molecule has 0 radical (unpaired) electrons. The summed E-state index contributed by atoms with van der Waals surface area (Å²) in [6.45, 7) is 11.7. The van der Waals surface area contributed by atoms with Gasteiger partial charge in [-0.15, -0.1) is 0 Å². The number of ether oxygens (including phenoxy) is 2. The first-order valence-corrected chi connectivity index (χ1v) is 11.9. The topological polar surface area (TPSA) is 71.0 Å². The molecule has 33 heavy (non-hydrogen) atoms. The van der Waals surface area contributed by atoms with Gasteiger partial charge in [-0.3, -0.25) is 9.69 Å². The molecule has 1 amide bonds. The molecule has 3 rings (SSSR count). The summed E-state index contributed by atoms with van der Waals surface area (Å²) in [6, 6.07) is 14.3. The van der Waals surface area contributed by atoms with Crippen molar-refractivity contribution < 1.29 is 19.4 Å². The van der Waals surface area contributed by atoms with E-state index in [1.165, 1.54) is 11.1 Å². The first kappa shape index (κ1) is 25.2. The number of hydrogen-bond acceptors (Lipinski definition) is 5. The Balaban J connectivity index is 1.88. The average molecular weight is 455 g/mol. The SMILES string of the molecule is CC(C)[C@@H](CO)NC(=O)c1ccc2c(c1)Cc1cccc(c1)CN(C(C)C)CCOCCO2. The fourth-order valence-corrected chi connectivity index (χ4v) is 3.98. The number of benzene rings is 2. The Morgan fingerprint density at radius 2 is 1.85 bits per heavy atom. The van der Waals surface area contributed by atoms with Crippen LogP contribution in [0.5, 0.6) is 5.75 Å². The lowest BCUT2D eigenvalue weighted by molar-refractivity contribution is 0.0695. The number of nitrogens with zero attached hydrogens (tertiary/aromatic N) is 1. The van der Waals surface area contributed by atoms with Gasteiger partial charge < -0.3 is 19.9 Å². The zero-order valence-electron chi connectivity index (χ0n) is 20.3. The highest BCUT2D eigenvalue weighted by molar-refractivity contribution is 5.94. The fraction of sp³-hybridized carbons (Fsp3) is 0.519. The van der Waals surface area contributed by atoms with E-state index in [0.29, 0.717) is 37.8 Å². The van der Waals surface area contributed by atoms with Crippen LogP contribution in [0, 0.1) is 5.92 Å². The van der Waals surface area contributed by atoms with Gasteiger partial charge in [-0.25, -0.2) is 0 Å². The van der Waals surface area contributed by atoms with Crippen LogP contribution < -0.4 is 10.1 Å². The second-order valence-corrected chi connectivity index (χ2v) is 9.35. The third-order valence-corrected chi connectivity index (χ3v) is 6.15. The van der Waals surface area contributed by atoms with Gasteiger partial charge in [-0.05, 0) is 54.7 Å². The number of nitrogens with one attached hydrogen (secondary N) is 1. The van der Waals surface area contributed by atoms with Gasteiger partial charge in [0.1, 0.15) is 12.4 Å². The number of carbonyl (C=O) groups excluding carboxylic acids is 1. The number of aliphatic hydroxyl groups is 1. The van der Waals surface area contributed by atoms with E-state index in [4.69, 9.17) is 9.47 Å². The summed E-state index contributed by atoms with van der Waals surface area (Å²) in [7, 11) is 0. The van der Waals surface area contributed by atoms with Crippen molar-refractivity contribution in [3.63, 3.8) is 0 Å². The van der Waals surface area contributed by atoms with Crippen molar-refractivity contribution in [3.8, 4) is 5.75 Å².